The van der Waals surface area contributed by atoms with Crippen molar-refractivity contribution < 1.29 is 0 Å². The molecule has 1 aromatic carbocycles. The molecule has 0 unspecified atom stereocenters. The monoisotopic (exact) mass is 190 g/mol. The molecule has 0 radical (unpaired) electrons. The third kappa shape index (κ3) is 1.69. The molecule has 0 aliphatic carbocycles. The largest absolute Gasteiger partial charge is 0.399 e. The van der Waals surface area contributed by atoms with E-state index < -0.39 is 0 Å². The number of benzene rings is 1. The lowest BCUT2D eigenvalue weighted by Gasteiger charge is -2.21. The molecule has 1 aromatic rings. The summed E-state index contributed by atoms with van der Waals surface area (Å²) in [5.41, 5.74) is 9.43. The van der Waals surface area contributed by atoms with Gasteiger partial charge in [-0.15, -0.1) is 0 Å². The summed E-state index contributed by atoms with van der Waals surface area (Å²) in [5.74, 6) is 0. The molecule has 0 spiro atoms. The molecular formula is C12H18N2. The number of anilines is 2. The molecule has 1 aliphatic heterocycles. The smallest absolute Gasteiger partial charge is 0.0400 e. The van der Waals surface area contributed by atoms with Crippen LogP contribution in [0.25, 0.3) is 0 Å². The molecule has 1 saturated heterocycles. The Hall–Kier alpha value is -1.18. The molecule has 1 heterocycles. The summed E-state index contributed by atoms with van der Waals surface area (Å²) in [5, 5.41) is 0. The Kier molecular flexibility index (Phi) is 2.62. The maximum absolute atomic E-state index is 5.78. The highest BCUT2D eigenvalue weighted by molar-refractivity contribution is 5.60. The van der Waals surface area contributed by atoms with Crippen molar-refractivity contribution in [3.63, 3.8) is 0 Å². The van der Waals surface area contributed by atoms with E-state index in [1.54, 1.807) is 0 Å². The molecule has 2 nitrogen and oxygen atoms in total. The van der Waals surface area contributed by atoms with Gasteiger partial charge in [-0.1, -0.05) is 6.92 Å². The highest BCUT2D eigenvalue weighted by Crippen LogP contribution is 2.26. The molecule has 2 N–H and O–H groups in total. The standard InChI is InChI=1S/C12H18N2/c1-2-10-9-11(13)5-6-12(10)14-7-3-4-8-14/h5-6,9H,2-4,7-8,13H2,1H3. The van der Waals surface area contributed by atoms with Crippen molar-refractivity contribution in [1.29, 1.82) is 0 Å². The van der Waals surface area contributed by atoms with Gasteiger partial charge < -0.3 is 10.6 Å². The van der Waals surface area contributed by atoms with Gasteiger partial charge in [0.15, 0.2) is 0 Å². The van der Waals surface area contributed by atoms with Crippen LogP contribution in [-0.2, 0) is 6.42 Å². The van der Waals surface area contributed by atoms with Gasteiger partial charge in [0.05, 0.1) is 0 Å². The van der Waals surface area contributed by atoms with E-state index in [0.29, 0.717) is 0 Å². The number of nitrogens with two attached hydrogens (primary N) is 1. The van der Waals surface area contributed by atoms with Crippen LogP contribution < -0.4 is 10.6 Å². The fourth-order valence-electron chi connectivity index (χ4n) is 2.16. The van der Waals surface area contributed by atoms with Gasteiger partial charge in [-0.05, 0) is 43.0 Å². The number of nitrogen functional groups attached to an aromatic ring is 1. The third-order valence-electron chi connectivity index (χ3n) is 2.93. The molecule has 14 heavy (non-hydrogen) atoms. The van der Waals surface area contributed by atoms with Crippen molar-refractivity contribution >= 4 is 11.4 Å². The van der Waals surface area contributed by atoms with E-state index in [2.05, 4.69) is 24.0 Å². The van der Waals surface area contributed by atoms with Gasteiger partial charge in [-0.3, -0.25) is 0 Å². The van der Waals surface area contributed by atoms with Crippen molar-refractivity contribution in [1.82, 2.24) is 0 Å². The predicted molar refractivity (Wildman–Crippen MR) is 61.7 cm³/mol. The topological polar surface area (TPSA) is 29.3 Å². The van der Waals surface area contributed by atoms with E-state index >= 15 is 0 Å². The molecule has 0 atom stereocenters. The molecule has 0 bridgehead atoms. The average molecular weight is 190 g/mol. The van der Waals surface area contributed by atoms with Crippen LogP contribution in [0.4, 0.5) is 11.4 Å². The van der Waals surface area contributed by atoms with E-state index in [9.17, 15) is 0 Å². The van der Waals surface area contributed by atoms with Crippen LogP contribution in [0.2, 0.25) is 0 Å². The van der Waals surface area contributed by atoms with Crippen molar-refractivity contribution in [3.05, 3.63) is 23.8 Å². The number of hydrogen-bond acceptors (Lipinski definition) is 2. The molecule has 76 valence electrons. The van der Waals surface area contributed by atoms with Crippen LogP contribution in [-0.4, -0.2) is 13.1 Å². The molecular weight excluding hydrogens is 172 g/mol. The zero-order chi connectivity index (χ0) is 9.97. The van der Waals surface area contributed by atoms with Gasteiger partial charge in [0.25, 0.3) is 0 Å². The summed E-state index contributed by atoms with van der Waals surface area (Å²) in [7, 11) is 0. The first-order chi connectivity index (χ1) is 6.81. The Morgan fingerprint density at radius 1 is 1.29 bits per heavy atom. The molecule has 1 fully saturated rings. The second kappa shape index (κ2) is 3.91. The minimum Gasteiger partial charge on any atom is -0.399 e. The normalized spacial score (nSPS) is 16.2. The van der Waals surface area contributed by atoms with E-state index in [0.717, 1.165) is 12.1 Å². The number of hydrogen-bond donors (Lipinski definition) is 1. The van der Waals surface area contributed by atoms with Crippen molar-refractivity contribution in [2.75, 3.05) is 23.7 Å². The predicted octanol–water partition coefficient (Wildman–Crippen LogP) is 2.43. The van der Waals surface area contributed by atoms with E-state index in [1.807, 2.05) is 6.07 Å². The molecule has 0 amide bonds. The second-order valence-electron chi connectivity index (χ2n) is 3.94. The first-order valence-corrected chi connectivity index (χ1v) is 5.44. The van der Waals surface area contributed by atoms with Crippen molar-refractivity contribution in [3.8, 4) is 0 Å². The lowest BCUT2D eigenvalue weighted by atomic mass is 10.1. The van der Waals surface area contributed by atoms with Crippen LogP contribution in [0.3, 0.4) is 0 Å². The second-order valence-corrected chi connectivity index (χ2v) is 3.94. The van der Waals surface area contributed by atoms with Crippen LogP contribution >= 0.6 is 0 Å². The highest BCUT2D eigenvalue weighted by atomic mass is 15.1. The molecule has 0 saturated carbocycles. The van der Waals surface area contributed by atoms with Gasteiger partial charge in [0.2, 0.25) is 0 Å². The summed E-state index contributed by atoms with van der Waals surface area (Å²) < 4.78 is 0. The van der Waals surface area contributed by atoms with Gasteiger partial charge >= 0.3 is 0 Å². The van der Waals surface area contributed by atoms with Gasteiger partial charge in [-0.25, -0.2) is 0 Å². The molecule has 2 heteroatoms. The van der Waals surface area contributed by atoms with Crippen LogP contribution in [0.5, 0.6) is 0 Å². The van der Waals surface area contributed by atoms with E-state index in [1.165, 1.54) is 37.2 Å². The minimum absolute atomic E-state index is 0.879. The molecule has 0 aromatic heterocycles. The van der Waals surface area contributed by atoms with Crippen LogP contribution in [0.1, 0.15) is 25.3 Å². The van der Waals surface area contributed by atoms with Gasteiger partial charge in [0, 0.05) is 24.5 Å². The maximum atomic E-state index is 5.78. The Morgan fingerprint density at radius 3 is 2.64 bits per heavy atom. The first kappa shape index (κ1) is 9.38. The van der Waals surface area contributed by atoms with Crippen LogP contribution in [0, 0.1) is 0 Å². The third-order valence-corrected chi connectivity index (χ3v) is 2.93. The SMILES string of the molecule is CCc1cc(N)ccc1N1CCCC1. The van der Waals surface area contributed by atoms with Gasteiger partial charge in [0.1, 0.15) is 0 Å². The maximum Gasteiger partial charge on any atom is 0.0400 e. The number of nitrogens with zero attached hydrogens (tertiary/aromatic N) is 1. The zero-order valence-electron chi connectivity index (χ0n) is 8.79. The van der Waals surface area contributed by atoms with Crippen molar-refractivity contribution in [2.45, 2.75) is 26.2 Å². The first-order valence-electron chi connectivity index (χ1n) is 5.44. The Balaban J connectivity index is 2.31. The van der Waals surface area contributed by atoms with E-state index in [4.69, 9.17) is 5.73 Å². The van der Waals surface area contributed by atoms with Gasteiger partial charge in [-0.2, -0.15) is 0 Å². The van der Waals surface area contributed by atoms with E-state index in [-0.39, 0.29) is 0 Å². The number of aryl methyl sites for hydroxylation is 1. The summed E-state index contributed by atoms with van der Waals surface area (Å²) >= 11 is 0. The van der Waals surface area contributed by atoms with Crippen LogP contribution in [0.15, 0.2) is 18.2 Å². The highest BCUT2D eigenvalue weighted by Gasteiger charge is 2.14. The number of rotatable bonds is 2. The lowest BCUT2D eigenvalue weighted by molar-refractivity contribution is 0.949. The fraction of sp³-hybridized carbons (Fsp3) is 0.500. The molecule has 1 aliphatic rings. The lowest BCUT2D eigenvalue weighted by Crippen LogP contribution is -2.19. The average Bonchev–Trinajstić information content (AvgIpc) is 2.70. The Bertz CT molecular complexity index is 314. The summed E-state index contributed by atoms with van der Waals surface area (Å²) in [6.07, 6.45) is 3.72. The summed E-state index contributed by atoms with van der Waals surface area (Å²) in [4.78, 5) is 2.47. The summed E-state index contributed by atoms with van der Waals surface area (Å²) in [6, 6.07) is 6.28. The molecule has 2 rings (SSSR count). The zero-order valence-corrected chi connectivity index (χ0v) is 8.79. The summed E-state index contributed by atoms with van der Waals surface area (Å²) in [6.45, 7) is 4.60. The Labute approximate surface area is 85.7 Å². The quantitative estimate of drug-likeness (QED) is 0.726. The Morgan fingerprint density at radius 2 is 2.00 bits per heavy atom. The minimum atomic E-state index is 0.879. The fourth-order valence-corrected chi connectivity index (χ4v) is 2.16. The van der Waals surface area contributed by atoms with Crippen molar-refractivity contribution in [2.24, 2.45) is 0 Å².